The second kappa shape index (κ2) is 6.46. The fraction of sp³-hybridized carbons (Fsp3) is 0.571. The van der Waals surface area contributed by atoms with Crippen molar-refractivity contribution < 1.29 is 9.31 Å². The van der Waals surface area contributed by atoms with Crippen LogP contribution in [0.25, 0.3) is 0 Å². The predicted octanol–water partition coefficient (Wildman–Crippen LogP) is 4.62. The molecule has 0 spiro atoms. The highest BCUT2D eigenvalue weighted by atomic mass is 79.9. The van der Waals surface area contributed by atoms with Crippen LogP contribution in [0.2, 0.25) is 0 Å². The molecule has 0 N–H and O–H groups in total. The zero-order chi connectivity index (χ0) is 13.8. The van der Waals surface area contributed by atoms with Gasteiger partial charge in [0.15, 0.2) is 0 Å². The van der Waals surface area contributed by atoms with E-state index in [4.69, 9.17) is 0 Å². The summed E-state index contributed by atoms with van der Waals surface area (Å²) < 4.78 is 13.3. The molecule has 2 unspecified atom stereocenters. The summed E-state index contributed by atoms with van der Waals surface area (Å²) in [6.07, 6.45) is 6.26. The Hall–Kier alpha value is -0.970. The Morgan fingerprint density at radius 3 is 2.79 bits per heavy atom. The molecule has 3 nitrogen and oxygen atoms in total. The monoisotopic (exact) mass is 329 g/mol. The van der Waals surface area contributed by atoms with Crippen LogP contribution in [0.5, 0.6) is 0 Å². The number of benzene rings is 1. The van der Waals surface area contributed by atoms with Gasteiger partial charge in [-0.05, 0) is 37.3 Å². The van der Waals surface area contributed by atoms with E-state index in [9.17, 15) is 14.5 Å². The quantitative estimate of drug-likeness (QED) is 0.351. The fourth-order valence-corrected chi connectivity index (χ4v) is 3.52. The molecular weight excluding hydrogens is 313 g/mol. The maximum absolute atomic E-state index is 13.3. The smallest absolute Gasteiger partial charge is 0.258 e. The molecule has 1 fully saturated rings. The minimum absolute atomic E-state index is 0.0327. The third kappa shape index (κ3) is 3.75. The maximum Gasteiger partial charge on any atom is 0.272 e. The number of hydrogen-bond donors (Lipinski definition) is 0. The lowest BCUT2D eigenvalue weighted by molar-refractivity contribution is -0.385. The van der Waals surface area contributed by atoms with Crippen molar-refractivity contribution in [1.29, 1.82) is 0 Å². The molecule has 0 saturated heterocycles. The van der Waals surface area contributed by atoms with Gasteiger partial charge in [-0.1, -0.05) is 35.2 Å². The van der Waals surface area contributed by atoms with Gasteiger partial charge in [-0.15, -0.1) is 0 Å². The van der Waals surface area contributed by atoms with E-state index >= 15 is 0 Å². The molecule has 1 aromatic rings. The van der Waals surface area contributed by atoms with E-state index in [1.165, 1.54) is 25.0 Å². The lowest BCUT2D eigenvalue weighted by Crippen LogP contribution is -2.16. The lowest BCUT2D eigenvalue weighted by atomic mass is 9.91. The second-order valence-corrected chi connectivity index (χ2v) is 6.32. The summed E-state index contributed by atoms with van der Waals surface area (Å²) in [7, 11) is 0. The first-order chi connectivity index (χ1) is 9.08. The van der Waals surface area contributed by atoms with Crippen LogP contribution >= 0.6 is 15.9 Å². The van der Waals surface area contributed by atoms with E-state index < -0.39 is 10.7 Å². The lowest BCUT2D eigenvalue weighted by Gasteiger charge is -2.19. The first-order valence-electron chi connectivity index (χ1n) is 6.65. The topological polar surface area (TPSA) is 43.1 Å². The van der Waals surface area contributed by atoms with E-state index in [1.54, 1.807) is 0 Å². The van der Waals surface area contributed by atoms with Gasteiger partial charge < -0.3 is 0 Å². The zero-order valence-corrected chi connectivity index (χ0v) is 12.2. The largest absolute Gasteiger partial charge is 0.272 e. The van der Waals surface area contributed by atoms with Crippen LogP contribution in [0.15, 0.2) is 18.2 Å². The van der Waals surface area contributed by atoms with Crippen molar-refractivity contribution in [2.24, 2.45) is 5.92 Å². The highest BCUT2D eigenvalue weighted by Crippen LogP contribution is 2.33. The number of nitro groups is 1. The number of rotatable bonds is 3. The Balaban J connectivity index is 2.21. The maximum atomic E-state index is 13.3. The standard InChI is InChI=1S/C14H17BrFNO2/c15-13-5-3-1-2-4-10(13)8-11-9-12(16)6-7-14(11)17(18)19/h6-7,9-10,13H,1-5,8H2. The van der Waals surface area contributed by atoms with Gasteiger partial charge >= 0.3 is 0 Å². The van der Waals surface area contributed by atoms with Gasteiger partial charge in [0, 0.05) is 16.5 Å². The first-order valence-corrected chi connectivity index (χ1v) is 7.56. The van der Waals surface area contributed by atoms with Gasteiger partial charge in [0.2, 0.25) is 0 Å². The minimum atomic E-state index is -0.422. The average Bonchev–Trinajstić information content (AvgIpc) is 2.55. The van der Waals surface area contributed by atoms with E-state index in [0.717, 1.165) is 25.3 Å². The highest BCUT2D eigenvalue weighted by Gasteiger charge is 2.25. The van der Waals surface area contributed by atoms with Crippen LogP contribution in [-0.2, 0) is 6.42 Å². The number of hydrogen-bond acceptors (Lipinski definition) is 2. The van der Waals surface area contributed by atoms with Gasteiger partial charge in [0.25, 0.3) is 5.69 Å². The van der Waals surface area contributed by atoms with Crippen LogP contribution in [0.4, 0.5) is 10.1 Å². The molecule has 0 amide bonds. The van der Waals surface area contributed by atoms with Gasteiger partial charge in [-0.25, -0.2) is 4.39 Å². The van der Waals surface area contributed by atoms with Gasteiger partial charge in [-0.3, -0.25) is 10.1 Å². The Labute approximate surface area is 120 Å². The zero-order valence-electron chi connectivity index (χ0n) is 10.6. The molecule has 0 heterocycles. The van der Waals surface area contributed by atoms with E-state index in [0.29, 0.717) is 22.7 Å². The third-order valence-corrected chi connectivity index (χ3v) is 4.99. The Morgan fingerprint density at radius 1 is 1.32 bits per heavy atom. The predicted molar refractivity (Wildman–Crippen MR) is 76.0 cm³/mol. The summed E-state index contributed by atoms with van der Waals surface area (Å²) in [5, 5.41) is 11.0. The molecule has 0 bridgehead atoms. The van der Waals surface area contributed by atoms with Crippen molar-refractivity contribution >= 4 is 21.6 Å². The molecular formula is C14H17BrFNO2. The SMILES string of the molecule is O=[N+]([O-])c1ccc(F)cc1CC1CCCCCC1Br. The van der Waals surface area contributed by atoms with E-state index in [1.807, 2.05) is 0 Å². The van der Waals surface area contributed by atoms with Crippen LogP contribution in [0.3, 0.4) is 0 Å². The molecule has 1 aromatic carbocycles. The third-order valence-electron chi connectivity index (χ3n) is 3.79. The summed E-state index contributed by atoms with van der Waals surface area (Å²) in [6.45, 7) is 0. The Morgan fingerprint density at radius 2 is 2.05 bits per heavy atom. The molecule has 5 heteroatoms. The molecule has 1 aliphatic rings. The fourth-order valence-electron chi connectivity index (χ4n) is 2.75. The molecule has 1 saturated carbocycles. The van der Waals surface area contributed by atoms with Crippen LogP contribution in [0.1, 0.15) is 37.7 Å². The van der Waals surface area contributed by atoms with Crippen molar-refractivity contribution in [1.82, 2.24) is 0 Å². The van der Waals surface area contributed by atoms with Crippen molar-refractivity contribution in [2.45, 2.75) is 43.4 Å². The molecule has 104 valence electrons. The molecule has 19 heavy (non-hydrogen) atoms. The summed E-state index contributed by atoms with van der Waals surface area (Å²) in [5.41, 5.74) is 0.548. The van der Waals surface area contributed by atoms with Gasteiger partial charge in [0.05, 0.1) is 4.92 Å². The number of halogens is 2. The van der Waals surface area contributed by atoms with Crippen LogP contribution < -0.4 is 0 Å². The van der Waals surface area contributed by atoms with Gasteiger partial charge in [-0.2, -0.15) is 0 Å². The average molecular weight is 330 g/mol. The summed E-state index contributed by atoms with van der Waals surface area (Å²) >= 11 is 3.68. The molecule has 0 aromatic heterocycles. The summed E-state index contributed by atoms with van der Waals surface area (Å²) in [4.78, 5) is 10.9. The molecule has 1 aliphatic carbocycles. The van der Waals surface area contributed by atoms with Crippen molar-refractivity contribution in [2.75, 3.05) is 0 Å². The van der Waals surface area contributed by atoms with Crippen molar-refractivity contribution in [3.8, 4) is 0 Å². The number of nitrogens with zero attached hydrogens (tertiary/aromatic N) is 1. The summed E-state index contributed by atoms with van der Waals surface area (Å²) in [6, 6.07) is 3.73. The normalized spacial score (nSPS) is 23.9. The van der Waals surface area contributed by atoms with Crippen molar-refractivity contribution in [3.63, 3.8) is 0 Å². The molecule has 0 aliphatic heterocycles. The molecule has 2 atom stereocenters. The number of alkyl halides is 1. The van der Waals surface area contributed by atoms with Crippen LogP contribution in [0, 0.1) is 21.8 Å². The first kappa shape index (κ1) is 14.4. The Kier molecular flexibility index (Phi) is 4.91. The van der Waals surface area contributed by atoms with Crippen LogP contribution in [-0.4, -0.2) is 9.75 Å². The molecule has 0 radical (unpaired) electrons. The van der Waals surface area contributed by atoms with Gasteiger partial charge in [0.1, 0.15) is 5.82 Å². The van der Waals surface area contributed by atoms with E-state index in [-0.39, 0.29) is 5.69 Å². The minimum Gasteiger partial charge on any atom is -0.258 e. The Bertz CT molecular complexity index is 467. The van der Waals surface area contributed by atoms with Crippen molar-refractivity contribution in [3.05, 3.63) is 39.7 Å². The van der Waals surface area contributed by atoms with E-state index in [2.05, 4.69) is 15.9 Å². The second-order valence-electron chi connectivity index (χ2n) is 5.15. The number of nitro benzene ring substituents is 1. The summed E-state index contributed by atoms with van der Waals surface area (Å²) in [5.74, 6) is -0.0525. The molecule has 2 rings (SSSR count). The highest BCUT2D eigenvalue weighted by molar-refractivity contribution is 9.09.